The van der Waals surface area contributed by atoms with Crippen LogP contribution in [-0.2, 0) is 9.53 Å². The number of halogens is 1. The minimum absolute atomic E-state index is 0.124. The first-order chi connectivity index (χ1) is 9.56. The summed E-state index contributed by atoms with van der Waals surface area (Å²) in [6, 6.07) is 4.46. The molecule has 20 heavy (non-hydrogen) atoms. The van der Waals surface area contributed by atoms with Crippen LogP contribution in [0.15, 0.2) is 22.7 Å². The van der Waals surface area contributed by atoms with Gasteiger partial charge < -0.3 is 20.5 Å². The predicted octanol–water partition coefficient (Wildman–Crippen LogP) is 1.46. The summed E-state index contributed by atoms with van der Waals surface area (Å²) < 4.78 is 5.99. The Kier molecular flexibility index (Phi) is 5.11. The number of rotatable bonds is 4. The molecule has 1 aromatic carbocycles. The number of carboxylic acids is 1. The summed E-state index contributed by atoms with van der Waals surface area (Å²) in [6.07, 6.45) is 0.140. The maximum Gasteiger partial charge on any atom is 0.335 e. The summed E-state index contributed by atoms with van der Waals surface area (Å²) in [5.41, 5.74) is 0.707. The van der Waals surface area contributed by atoms with E-state index < -0.39 is 5.97 Å². The van der Waals surface area contributed by atoms with Gasteiger partial charge in [0.25, 0.3) is 0 Å². The number of aromatic carboxylic acids is 1. The van der Waals surface area contributed by atoms with E-state index >= 15 is 0 Å². The molecule has 1 heterocycles. The Morgan fingerprint density at radius 1 is 1.50 bits per heavy atom. The zero-order valence-electron chi connectivity index (χ0n) is 10.7. The van der Waals surface area contributed by atoms with E-state index in [-0.39, 0.29) is 24.0 Å². The number of benzene rings is 1. The maximum atomic E-state index is 11.9. The van der Waals surface area contributed by atoms with Crippen LogP contribution in [0.2, 0.25) is 0 Å². The van der Waals surface area contributed by atoms with E-state index in [0.717, 1.165) is 6.54 Å². The third-order valence-corrected chi connectivity index (χ3v) is 3.56. The fourth-order valence-electron chi connectivity index (χ4n) is 1.91. The van der Waals surface area contributed by atoms with Gasteiger partial charge in [-0.1, -0.05) is 0 Å². The van der Waals surface area contributed by atoms with Gasteiger partial charge in [0.15, 0.2) is 0 Å². The Morgan fingerprint density at radius 3 is 2.90 bits per heavy atom. The van der Waals surface area contributed by atoms with Crippen LogP contribution in [0.25, 0.3) is 0 Å². The van der Waals surface area contributed by atoms with Gasteiger partial charge in [0.2, 0.25) is 5.91 Å². The Bertz CT molecular complexity index is 515. The molecule has 1 aromatic rings. The molecular formula is C13H15BrN2O4. The second-order valence-corrected chi connectivity index (χ2v) is 5.30. The minimum Gasteiger partial charge on any atom is -0.478 e. The van der Waals surface area contributed by atoms with Crippen molar-refractivity contribution < 1.29 is 19.4 Å². The van der Waals surface area contributed by atoms with Gasteiger partial charge in [0.1, 0.15) is 0 Å². The number of carbonyl (C=O) groups is 2. The van der Waals surface area contributed by atoms with Crippen molar-refractivity contribution in [3.8, 4) is 0 Å². The highest BCUT2D eigenvalue weighted by Gasteiger charge is 2.18. The van der Waals surface area contributed by atoms with Gasteiger partial charge in [0.05, 0.1) is 30.4 Å². The third-order valence-electron chi connectivity index (χ3n) is 2.91. The lowest BCUT2D eigenvalue weighted by Gasteiger charge is -2.23. The molecular weight excluding hydrogens is 328 g/mol. The molecule has 0 aromatic heterocycles. The zero-order chi connectivity index (χ0) is 14.5. The summed E-state index contributed by atoms with van der Waals surface area (Å²) in [5.74, 6) is -1.17. The lowest BCUT2D eigenvalue weighted by molar-refractivity contribution is -0.119. The topological polar surface area (TPSA) is 87.7 Å². The van der Waals surface area contributed by atoms with Gasteiger partial charge in [-0.05, 0) is 34.1 Å². The molecule has 0 aliphatic carbocycles. The third kappa shape index (κ3) is 4.03. The van der Waals surface area contributed by atoms with E-state index in [1.165, 1.54) is 12.1 Å². The monoisotopic (exact) mass is 342 g/mol. The summed E-state index contributed by atoms with van der Waals surface area (Å²) in [5, 5.41) is 14.8. The van der Waals surface area contributed by atoms with Crippen LogP contribution in [0.1, 0.15) is 16.8 Å². The molecule has 1 aliphatic rings. The number of hydrogen-bond acceptors (Lipinski definition) is 4. The zero-order valence-corrected chi connectivity index (χ0v) is 12.3. The molecule has 1 aliphatic heterocycles. The first-order valence-corrected chi connectivity index (χ1v) is 7.00. The molecule has 6 nitrogen and oxygen atoms in total. The molecule has 3 N–H and O–H groups in total. The van der Waals surface area contributed by atoms with Crippen LogP contribution in [0.4, 0.5) is 5.69 Å². The van der Waals surface area contributed by atoms with Crippen LogP contribution in [0.3, 0.4) is 0 Å². The van der Waals surface area contributed by atoms with Crippen molar-refractivity contribution in [3.63, 3.8) is 0 Å². The van der Waals surface area contributed by atoms with E-state index in [2.05, 4.69) is 26.6 Å². The molecule has 108 valence electrons. The van der Waals surface area contributed by atoms with Gasteiger partial charge in [-0.15, -0.1) is 0 Å². The summed E-state index contributed by atoms with van der Waals surface area (Å²) in [7, 11) is 0. The van der Waals surface area contributed by atoms with Crippen molar-refractivity contribution >= 4 is 33.5 Å². The molecule has 1 fully saturated rings. The maximum absolute atomic E-state index is 11.9. The number of hydrogen-bond donors (Lipinski definition) is 3. The van der Waals surface area contributed by atoms with Crippen LogP contribution in [0.5, 0.6) is 0 Å². The standard InChI is InChI=1S/C13H15BrN2O4/c14-10-5-8(13(18)19)1-2-11(10)16-12(17)6-9-7-15-3-4-20-9/h1-2,5,9,15H,3-4,6-7H2,(H,16,17)(H,18,19). The van der Waals surface area contributed by atoms with Gasteiger partial charge >= 0.3 is 5.97 Å². The highest BCUT2D eigenvalue weighted by Crippen LogP contribution is 2.24. The SMILES string of the molecule is O=C(CC1CNCCO1)Nc1ccc(C(=O)O)cc1Br. The molecule has 1 amide bonds. The van der Waals surface area contributed by atoms with E-state index in [9.17, 15) is 9.59 Å². The summed E-state index contributed by atoms with van der Waals surface area (Å²) >= 11 is 3.25. The van der Waals surface area contributed by atoms with Crippen LogP contribution in [-0.4, -0.2) is 42.8 Å². The van der Waals surface area contributed by atoms with E-state index in [1.807, 2.05) is 0 Å². The smallest absolute Gasteiger partial charge is 0.335 e. The lowest BCUT2D eigenvalue weighted by Crippen LogP contribution is -2.40. The number of morpholine rings is 1. The number of carbonyl (C=O) groups excluding carboxylic acids is 1. The predicted molar refractivity (Wildman–Crippen MR) is 77.0 cm³/mol. The van der Waals surface area contributed by atoms with Gasteiger partial charge in [0, 0.05) is 17.6 Å². The molecule has 1 saturated heterocycles. The molecule has 0 radical (unpaired) electrons. The Morgan fingerprint density at radius 2 is 2.30 bits per heavy atom. The largest absolute Gasteiger partial charge is 0.478 e. The molecule has 7 heteroatoms. The number of amides is 1. The Balaban J connectivity index is 1.95. The fraction of sp³-hybridized carbons (Fsp3) is 0.385. The highest BCUT2D eigenvalue weighted by molar-refractivity contribution is 9.10. The van der Waals surface area contributed by atoms with E-state index in [1.54, 1.807) is 6.07 Å². The van der Waals surface area contributed by atoms with Crippen molar-refractivity contribution in [2.75, 3.05) is 25.0 Å². The normalized spacial score (nSPS) is 18.6. The number of nitrogens with one attached hydrogen (secondary N) is 2. The second-order valence-electron chi connectivity index (χ2n) is 4.45. The summed E-state index contributed by atoms with van der Waals surface area (Å²) in [6.45, 7) is 2.07. The van der Waals surface area contributed by atoms with Crippen molar-refractivity contribution in [2.45, 2.75) is 12.5 Å². The quantitative estimate of drug-likeness (QED) is 0.771. The molecule has 1 atom stereocenters. The van der Waals surface area contributed by atoms with Gasteiger partial charge in [-0.25, -0.2) is 4.79 Å². The molecule has 0 saturated carbocycles. The summed E-state index contributed by atoms with van der Waals surface area (Å²) in [4.78, 5) is 22.7. The van der Waals surface area contributed by atoms with Gasteiger partial charge in [-0.2, -0.15) is 0 Å². The van der Waals surface area contributed by atoms with Crippen molar-refractivity contribution in [1.82, 2.24) is 5.32 Å². The molecule has 1 unspecified atom stereocenters. The van der Waals surface area contributed by atoms with Crippen LogP contribution >= 0.6 is 15.9 Å². The number of carboxylic acid groups (broad SMARTS) is 1. The highest BCUT2D eigenvalue weighted by atomic mass is 79.9. The average Bonchev–Trinajstić information content (AvgIpc) is 2.42. The minimum atomic E-state index is -1.01. The fourth-order valence-corrected chi connectivity index (χ4v) is 2.39. The Hall–Kier alpha value is -1.44. The van der Waals surface area contributed by atoms with E-state index in [4.69, 9.17) is 9.84 Å². The van der Waals surface area contributed by atoms with Crippen molar-refractivity contribution in [1.29, 1.82) is 0 Å². The second kappa shape index (κ2) is 6.83. The van der Waals surface area contributed by atoms with Crippen LogP contribution in [0, 0.1) is 0 Å². The first kappa shape index (κ1) is 15.0. The molecule has 2 rings (SSSR count). The van der Waals surface area contributed by atoms with Crippen molar-refractivity contribution in [3.05, 3.63) is 28.2 Å². The molecule has 0 bridgehead atoms. The van der Waals surface area contributed by atoms with Crippen molar-refractivity contribution in [2.24, 2.45) is 0 Å². The number of anilines is 1. The number of ether oxygens (including phenoxy) is 1. The van der Waals surface area contributed by atoms with Crippen LogP contribution < -0.4 is 10.6 Å². The average molecular weight is 343 g/mol. The van der Waals surface area contributed by atoms with Gasteiger partial charge in [-0.3, -0.25) is 4.79 Å². The Labute approximate surface area is 124 Å². The lowest BCUT2D eigenvalue weighted by atomic mass is 10.2. The first-order valence-electron chi connectivity index (χ1n) is 6.21. The molecule has 0 spiro atoms. The van der Waals surface area contributed by atoms with E-state index in [0.29, 0.717) is 23.3 Å².